The third-order valence-electron chi connectivity index (χ3n) is 4.30. The molecule has 0 aliphatic carbocycles. The fourth-order valence-electron chi connectivity index (χ4n) is 2.98. The largest absolute Gasteiger partial charge is 0.385 e. The van der Waals surface area contributed by atoms with E-state index in [4.69, 9.17) is 16.3 Å². The molecule has 0 spiro atoms. The highest BCUT2D eigenvalue weighted by Gasteiger charge is 2.17. The molecule has 0 aromatic heterocycles. The smallest absolute Gasteiger partial charge is 0.126 e. The average molecular weight is 363 g/mol. The lowest BCUT2D eigenvalue weighted by Gasteiger charge is -2.23. The zero-order valence-corrected chi connectivity index (χ0v) is 15.9. The highest BCUT2D eigenvalue weighted by atomic mass is 35.5. The van der Waals surface area contributed by atoms with Crippen molar-refractivity contribution in [2.75, 3.05) is 19.7 Å². The molecule has 0 fully saturated rings. The van der Waals surface area contributed by atoms with E-state index < -0.39 is 6.10 Å². The second-order valence-corrected chi connectivity index (χ2v) is 6.98. The van der Waals surface area contributed by atoms with Crippen LogP contribution in [0.3, 0.4) is 0 Å². The molecule has 0 bridgehead atoms. The molecule has 0 amide bonds. The zero-order chi connectivity index (χ0) is 18.1. The van der Waals surface area contributed by atoms with Gasteiger partial charge >= 0.3 is 0 Å². The van der Waals surface area contributed by atoms with Gasteiger partial charge in [0.1, 0.15) is 19.2 Å². The van der Waals surface area contributed by atoms with Crippen molar-refractivity contribution in [3.63, 3.8) is 0 Å². The van der Waals surface area contributed by atoms with Gasteiger partial charge in [-0.1, -0.05) is 61.0 Å². The number of benzene rings is 2. The van der Waals surface area contributed by atoms with Crippen LogP contribution < -0.4 is 4.90 Å². The first-order chi connectivity index (χ1) is 12.1. The number of aliphatic hydroxyl groups excluding tert-OH is 1. The van der Waals surface area contributed by atoms with E-state index >= 15 is 0 Å². The molecular weight excluding hydrogens is 334 g/mol. The van der Waals surface area contributed by atoms with Crippen molar-refractivity contribution >= 4 is 11.6 Å². The fraction of sp³-hybridized carbons (Fsp3) is 0.429. The molecule has 25 heavy (non-hydrogen) atoms. The minimum absolute atomic E-state index is 0.0596. The van der Waals surface area contributed by atoms with E-state index in [1.165, 1.54) is 10.5 Å². The van der Waals surface area contributed by atoms with Crippen molar-refractivity contribution in [3.8, 4) is 0 Å². The van der Waals surface area contributed by atoms with Crippen molar-refractivity contribution in [1.82, 2.24) is 0 Å². The number of aliphatic hydroxyl groups is 1. The Morgan fingerprint density at radius 1 is 1.08 bits per heavy atom. The molecule has 0 saturated carbocycles. The second-order valence-electron chi connectivity index (χ2n) is 6.55. The quantitative estimate of drug-likeness (QED) is 0.680. The van der Waals surface area contributed by atoms with Gasteiger partial charge < -0.3 is 14.7 Å². The van der Waals surface area contributed by atoms with E-state index in [1.54, 1.807) is 0 Å². The van der Waals surface area contributed by atoms with Crippen LogP contribution in [0.25, 0.3) is 0 Å². The SMILES string of the molecule is CCC[NH+](Cc1ccccc1)C[C@H](O)CO[C@@H](C)c1ccc(Cl)cc1. The molecule has 0 saturated heterocycles. The van der Waals surface area contributed by atoms with Gasteiger partial charge in [0.2, 0.25) is 0 Å². The first-order valence-corrected chi connectivity index (χ1v) is 9.39. The van der Waals surface area contributed by atoms with Crippen molar-refractivity contribution in [1.29, 1.82) is 0 Å². The molecule has 0 heterocycles. The maximum Gasteiger partial charge on any atom is 0.126 e. The number of nitrogens with one attached hydrogen (secondary N) is 1. The Kier molecular flexibility index (Phi) is 8.42. The lowest BCUT2D eigenvalue weighted by Crippen LogP contribution is -3.12. The normalized spacial score (nSPS) is 14.9. The number of hydrogen-bond acceptors (Lipinski definition) is 2. The summed E-state index contributed by atoms with van der Waals surface area (Å²) < 4.78 is 5.85. The van der Waals surface area contributed by atoms with Gasteiger partial charge in [-0.2, -0.15) is 0 Å². The zero-order valence-electron chi connectivity index (χ0n) is 15.1. The summed E-state index contributed by atoms with van der Waals surface area (Å²) in [5, 5.41) is 11.1. The third-order valence-corrected chi connectivity index (χ3v) is 4.55. The molecule has 3 atom stereocenters. The minimum atomic E-state index is -0.472. The topological polar surface area (TPSA) is 33.9 Å². The van der Waals surface area contributed by atoms with Gasteiger partial charge in [0, 0.05) is 10.6 Å². The highest BCUT2D eigenvalue weighted by molar-refractivity contribution is 6.30. The van der Waals surface area contributed by atoms with Crippen LogP contribution in [0.4, 0.5) is 0 Å². The van der Waals surface area contributed by atoms with Crippen LogP contribution in [-0.4, -0.2) is 30.9 Å². The summed E-state index contributed by atoms with van der Waals surface area (Å²) in [5.41, 5.74) is 2.37. The van der Waals surface area contributed by atoms with Crippen LogP contribution in [0.5, 0.6) is 0 Å². The Morgan fingerprint density at radius 3 is 2.40 bits per heavy atom. The van der Waals surface area contributed by atoms with Crippen LogP contribution in [0.15, 0.2) is 54.6 Å². The average Bonchev–Trinajstić information content (AvgIpc) is 2.61. The Morgan fingerprint density at radius 2 is 1.76 bits per heavy atom. The Hall–Kier alpha value is -1.39. The summed E-state index contributed by atoms with van der Waals surface area (Å²) in [7, 11) is 0. The second kappa shape index (κ2) is 10.6. The molecule has 0 aliphatic heterocycles. The lowest BCUT2D eigenvalue weighted by atomic mass is 10.1. The molecule has 1 unspecified atom stereocenters. The summed E-state index contributed by atoms with van der Waals surface area (Å²) in [4.78, 5) is 1.38. The van der Waals surface area contributed by atoms with Crippen LogP contribution >= 0.6 is 11.6 Å². The van der Waals surface area contributed by atoms with Crippen molar-refractivity contribution in [2.24, 2.45) is 0 Å². The van der Waals surface area contributed by atoms with Crippen molar-refractivity contribution in [3.05, 3.63) is 70.7 Å². The minimum Gasteiger partial charge on any atom is -0.385 e. The number of halogens is 1. The molecule has 2 N–H and O–H groups in total. The van der Waals surface area contributed by atoms with E-state index in [2.05, 4.69) is 31.2 Å². The Labute approximate surface area is 156 Å². The third kappa shape index (κ3) is 7.17. The van der Waals surface area contributed by atoms with Gasteiger partial charge in [0.05, 0.1) is 19.3 Å². The number of ether oxygens (including phenoxy) is 1. The number of rotatable bonds is 10. The van der Waals surface area contributed by atoms with E-state index in [0.717, 1.165) is 30.1 Å². The lowest BCUT2D eigenvalue weighted by molar-refractivity contribution is -0.917. The fourth-order valence-corrected chi connectivity index (χ4v) is 3.10. The number of hydrogen-bond donors (Lipinski definition) is 2. The highest BCUT2D eigenvalue weighted by Crippen LogP contribution is 2.19. The molecular formula is C21H29ClNO2+. The maximum atomic E-state index is 10.4. The summed E-state index contributed by atoms with van der Waals surface area (Å²) in [6, 6.07) is 18.1. The van der Waals surface area contributed by atoms with Crippen LogP contribution in [-0.2, 0) is 11.3 Å². The molecule has 136 valence electrons. The van der Waals surface area contributed by atoms with Gasteiger partial charge in [0.25, 0.3) is 0 Å². The molecule has 0 radical (unpaired) electrons. The Bertz CT molecular complexity index is 603. The first-order valence-electron chi connectivity index (χ1n) is 9.01. The van der Waals surface area contributed by atoms with E-state index in [9.17, 15) is 5.11 Å². The van der Waals surface area contributed by atoms with Crippen molar-refractivity contribution in [2.45, 2.75) is 39.0 Å². The van der Waals surface area contributed by atoms with Crippen LogP contribution in [0, 0.1) is 0 Å². The first kappa shape index (κ1) is 19.9. The number of quaternary nitrogens is 1. The summed E-state index contributed by atoms with van der Waals surface area (Å²) in [5.74, 6) is 0. The predicted molar refractivity (Wildman–Crippen MR) is 103 cm³/mol. The molecule has 3 nitrogen and oxygen atoms in total. The summed E-state index contributed by atoms with van der Waals surface area (Å²) in [6.45, 7) is 7.17. The standard InChI is InChI=1S/C21H28ClNO2/c1-3-13-23(14-18-7-5-4-6-8-18)15-21(24)16-25-17(2)19-9-11-20(22)12-10-19/h4-12,17,21,24H,3,13-16H2,1-2H3/p+1/t17-,21-/m0/s1. The van der Waals surface area contributed by atoms with Gasteiger partial charge in [0.15, 0.2) is 0 Å². The van der Waals surface area contributed by atoms with E-state index in [0.29, 0.717) is 13.2 Å². The van der Waals surface area contributed by atoms with Crippen LogP contribution in [0.2, 0.25) is 5.02 Å². The van der Waals surface area contributed by atoms with Gasteiger partial charge in [-0.25, -0.2) is 0 Å². The van der Waals surface area contributed by atoms with Crippen LogP contribution in [0.1, 0.15) is 37.5 Å². The van der Waals surface area contributed by atoms with E-state index in [-0.39, 0.29) is 6.10 Å². The summed E-state index contributed by atoms with van der Waals surface area (Å²) >= 11 is 5.91. The summed E-state index contributed by atoms with van der Waals surface area (Å²) in [6.07, 6.45) is 0.562. The molecule has 2 aromatic carbocycles. The molecule has 2 rings (SSSR count). The molecule has 2 aromatic rings. The monoisotopic (exact) mass is 362 g/mol. The Balaban J connectivity index is 1.81. The van der Waals surface area contributed by atoms with Gasteiger partial charge in [-0.15, -0.1) is 0 Å². The predicted octanol–water partition coefficient (Wildman–Crippen LogP) is 3.27. The molecule has 4 heteroatoms. The van der Waals surface area contributed by atoms with Crippen molar-refractivity contribution < 1.29 is 14.7 Å². The molecule has 0 aliphatic rings. The van der Waals surface area contributed by atoms with Gasteiger partial charge in [-0.3, -0.25) is 0 Å². The maximum absolute atomic E-state index is 10.4. The van der Waals surface area contributed by atoms with Gasteiger partial charge in [-0.05, 0) is 31.0 Å². The van der Waals surface area contributed by atoms with E-state index in [1.807, 2.05) is 37.3 Å².